The highest BCUT2D eigenvalue weighted by Crippen LogP contribution is 2.18. The normalized spacial score (nSPS) is 11.3. The molecule has 2 rings (SSSR count). The summed E-state index contributed by atoms with van der Waals surface area (Å²) >= 11 is 0. The topological polar surface area (TPSA) is 72.6 Å². The van der Waals surface area contributed by atoms with Crippen LogP contribution in [0.1, 0.15) is 11.1 Å². The molecule has 0 heterocycles. The Morgan fingerprint density at radius 3 is 2.32 bits per heavy atom. The molecule has 0 unspecified atom stereocenters. The minimum atomic E-state index is -3.58. The van der Waals surface area contributed by atoms with Crippen LogP contribution in [0.5, 0.6) is 0 Å². The third kappa shape index (κ3) is 6.09. The predicted octanol–water partition coefficient (Wildman–Crippen LogP) is 2.45. The molecule has 0 aromatic heterocycles. The molecule has 2 aromatic rings. The summed E-state index contributed by atoms with van der Waals surface area (Å²) in [7, 11) is -1.99. The van der Waals surface area contributed by atoms with E-state index >= 15 is 0 Å². The molecule has 0 aliphatic rings. The van der Waals surface area contributed by atoms with Crippen molar-refractivity contribution in [3.63, 3.8) is 0 Å². The fourth-order valence-electron chi connectivity index (χ4n) is 2.51. The van der Waals surface area contributed by atoms with Crippen molar-refractivity contribution < 1.29 is 13.2 Å². The average Bonchev–Trinajstić information content (AvgIpc) is 2.60. The zero-order valence-electron chi connectivity index (χ0n) is 14.3. The van der Waals surface area contributed by atoms with Crippen LogP contribution >= 0.6 is 12.4 Å². The van der Waals surface area contributed by atoms with Crippen LogP contribution < -0.4 is 5.73 Å². The van der Waals surface area contributed by atoms with Crippen LogP contribution in [0.25, 0.3) is 0 Å². The maximum Gasteiger partial charge on any atom is 0.243 e. The Labute approximate surface area is 156 Å². The zero-order chi connectivity index (χ0) is 17.4. The summed E-state index contributed by atoms with van der Waals surface area (Å²) in [6.45, 7) is 1.36. The molecule has 138 valence electrons. The van der Waals surface area contributed by atoms with Crippen LogP contribution in [-0.4, -0.2) is 39.5 Å². The van der Waals surface area contributed by atoms with E-state index in [1.807, 2.05) is 36.4 Å². The lowest BCUT2D eigenvalue weighted by atomic mass is 10.1. The standard InChI is InChI=1S/C18H24N2O3S.ClH/c1-23-15-17-8-5-9-18(14-17)24(21,22)20(13-11-19)12-10-16-6-3-2-4-7-16;/h2-9,14H,10-13,15,19H2,1H3;1H. The molecule has 5 nitrogen and oxygen atoms in total. The summed E-state index contributed by atoms with van der Waals surface area (Å²) in [5.74, 6) is 0. The van der Waals surface area contributed by atoms with Crippen LogP contribution in [-0.2, 0) is 27.8 Å². The third-order valence-electron chi connectivity index (χ3n) is 3.72. The van der Waals surface area contributed by atoms with Gasteiger partial charge in [-0.15, -0.1) is 12.4 Å². The van der Waals surface area contributed by atoms with E-state index in [0.29, 0.717) is 26.1 Å². The monoisotopic (exact) mass is 384 g/mol. The number of methoxy groups -OCH3 is 1. The van der Waals surface area contributed by atoms with E-state index in [1.165, 1.54) is 4.31 Å². The molecular weight excluding hydrogens is 360 g/mol. The molecule has 2 N–H and O–H groups in total. The second-order valence-corrected chi connectivity index (χ2v) is 7.45. The number of nitrogens with zero attached hydrogens (tertiary/aromatic N) is 1. The summed E-state index contributed by atoms with van der Waals surface area (Å²) in [6.07, 6.45) is 0.651. The molecule has 0 aliphatic heterocycles. The highest BCUT2D eigenvalue weighted by atomic mass is 35.5. The van der Waals surface area contributed by atoms with Crippen molar-refractivity contribution in [1.29, 1.82) is 0 Å². The molecule has 0 fully saturated rings. The molecule has 0 atom stereocenters. The van der Waals surface area contributed by atoms with Crippen molar-refractivity contribution in [2.24, 2.45) is 5.73 Å². The molecule has 0 aliphatic carbocycles. The lowest BCUT2D eigenvalue weighted by Crippen LogP contribution is -2.37. The molecule has 0 bridgehead atoms. The van der Waals surface area contributed by atoms with E-state index in [2.05, 4.69) is 0 Å². The molecule has 0 saturated carbocycles. The van der Waals surface area contributed by atoms with Gasteiger partial charge in [0, 0.05) is 26.7 Å². The van der Waals surface area contributed by atoms with Gasteiger partial charge in [-0.25, -0.2) is 8.42 Å². The fourth-order valence-corrected chi connectivity index (χ4v) is 4.03. The van der Waals surface area contributed by atoms with Crippen LogP contribution in [0.3, 0.4) is 0 Å². The maximum absolute atomic E-state index is 12.9. The van der Waals surface area contributed by atoms with E-state index in [-0.39, 0.29) is 23.8 Å². The largest absolute Gasteiger partial charge is 0.380 e. The Balaban J connectivity index is 0.00000312. The molecule has 0 amide bonds. The first-order valence-electron chi connectivity index (χ1n) is 7.90. The minimum absolute atomic E-state index is 0. The number of rotatable bonds is 9. The first kappa shape index (κ1) is 21.6. The smallest absolute Gasteiger partial charge is 0.243 e. The van der Waals surface area contributed by atoms with Gasteiger partial charge in [0.15, 0.2) is 0 Å². The van der Waals surface area contributed by atoms with E-state index in [9.17, 15) is 8.42 Å². The van der Waals surface area contributed by atoms with Crippen molar-refractivity contribution in [3.8, 4) is 0 Å². The van der Waals surface area contributed by atoms with E-state index < -0.39 is 10.0 Å². The molecule has 0 radical (unpaired) electrons. The summed E-state index contributed by atoms with van der Waals surface area (Å²) in [5, 5.41) is 0. The van der Waals surface area contributed by atoms with Gasteiger partial charge >= 0.3 is 0 Å². The lowest BCUT2D eigenvalue weighted by Gasteiger charge is -2.22. The number of hydrogen-bond donors (Lipinski definition) is 1. The van der Waals surface area contributed by atoms with Crippen LogP contribution in [0.2, 0.25) is 0 Å². The van der Waals surface area contributed by atoms with Crippen LogP contribution in [0.4, 0.5) is 0 Å². The Morgan fingerprint density at radius 2 is 1.68 bits per heavy atom. The lowest BCUT2D eigenvalue weighted by molar-refractivity contribution is 0.184. The number of benzene rings is 2. The summed E-state index contributed by atoms with van der Waals surface area (Å²) < 4.78 is 32.4. The Morgan fingerprint density at radius 1 is 1.00 bits per heavy atom. The molecule has 2 aromatic carbocycles. The molecule has 0 saturated heterocycles. The van der Waals surface area contributed by atoms with Gasteiger partial charge in [-0.2, -0.15) is 4.31 Å². The maximum atomic E-state index is 12.9. The van der Waals surface area contributed by atoms with Crippen molar-refractivity contribution in [2.45, 2.75) is 17.9 Å². The Kier molecular flexibility index (Phi) is 9.10. The summed E-state index contributed by atoms with van der Waals surface area (Å²) in [4.78, 5) is 0.276. The highest BCUT2D eigenvalue weighted by molar-refractivity contribution is 7.89. The first-order chi connectivity index (χ1) is 11.6. The molecule has 7 heteroatoms. The minimum Gasteiger partial charge on any atom is -0.380 e. The fraction of sp³-hybridized carbons (Fsp3) is 0.333. The first-order valence-corrected chi connectivity index (χ1v) is 9.34. The number of halogens is 1. The average molecular weight is 385 g/mol. The second-order valence-electron chi connectivity index (χ2n) is 5.51. The molecular formula is C18H25ClN2O3S. The van der Waals surface area contributed by atoms with Crippen molar-refractivity contribution >= 4 is 22.4 Å². The van der Waals surface area contributed by atoms with E-state index in [0.717, 1.165) is 11.1 Å². The Bertz CT molecular complexity index is 739. The van der Waals surface area contributed by atoms with Crippen molar-refractivity contribution in [1.82, 2.24) is 4.31 Å². The van der Waals surface area contributed by atoms with Gasteiger partial charge in [-0.05, 0) is 29.7 Å². The van der Waals surface area contributed by atoms with Crippen LogP contribution in [0, 0.1) is 0 Å². The Hall–Kier alpha value is -1.44. The van der Waals surface area contributed by atoms with Crippen LogP contribution in [0.15, 0.2) is 59.5 Å². The number of hydrogen-bond acceptors (Lipinski definition) is 4. The third-order valence-corrected chi connectivity index (χ3v) is 5.61. The van der Waals surface area contributed by atoms with Gasteiger partial charge in [0.05, 0.1) is 11.5 Å². The number of ether oxygens (including phenoxy) is 1. The van der Waals surface area contributed by atoms with E-state index in [1.54, 1.807) is 25.3 Å². The van der Waals surface area contributed by atoms with E-state index in [4.69, 9.17) is 10.5 Å². The summed E-state index contributed by atoms with van der Waals surface area (Å²) in [5.41, 5.74) is 7.55. The van der Waals surface area contributed by atoms with Gasteiger partial charge in [-0.3, -0.25) is 0 Å². The van der Waals surface area contributed by atoms with Gasteiger partial charge in [0.1, 0.15) is 0 Å². The number of nitrogens with two attached hydrogens (primary N) is 1. The predicted molar refractivity (Wildman–Crippen MR) is 102 cm³/mol. The quantitative estimate of drug-likeness (QED) is 0.720. The number of sulfonamides is 1. The molecule has 0 spiro atoms. The van der Waals surface area contributed by atoms with Crippen molar-refractivity contribution in [3.05, 3.63) is 65.7 Å². The van der Waals surface area contributed by atoms with Gasteiger partial charge in [-0.1, -0.05) is 42.5 Å². The SMILES string of the molecule is COCc1cccc(S(=O)(=O)N(CCN)CCc2ccccc2)c1.Cl. The highest BCUT2D eigenvalue weighted by Gasteiger charge is 2.23. The molecule has 25 heavy (non-hydrogen) atoms. The van der Waals surface area contributed by atoms with Gasteiger partial charge in [0.2, 0.25) is 10.0 Å². The second kappa shape index (κ2) is 10.5. The van der Waals surface area contributed by atoms with Gasteiger partial charge in [0.25, 0.3) is 0 Å². The van der Waals surface area contributed by atoms with Crippen molar-refractivity contribution in [2.75, 3.05) is 26.7 Å². The summed E-state index contributed by atoms with van der Waals surface area (Å²) in [6, 6.07) is 16.7. The van der Waals surface area contributed by atoms with Gasteiger partial charge < -0.3 is 10.5 Å². The zero-order valence-corrected chi connectivity index (χ0v) is 15.9.